The molecule has 4 rings (SSSR count). The van der Waals surface area contributed by atoms with Gasteiger partial charge in [0, 0.05) is 25.4 Å². The predicted octanol–water partition coefficient (Wildman–Crippen LogP) is 3.62. The van der Waals surface area contributed by atoms with E-state index in [-0.39, 0.29) is 11.8 Å². The van der Waals surface area contributed by atoms with Crippen LogP contribution < -0.4 is 10.6 Å². The van der Waals surface area contributed by atoms with Crippen LogP contribution in [-0.2, 0) is 6.42 Å². The molecule has 0 bridgehead atoms. The van der Waals surface area contributed by atoms with Gasteiger partial charge in [0.25, 0.3) is 11.8 Å². The molecular weight excluding hydrogens is 372 g/mol. The number of carbonyl (C=O) groups is 2. The van der Waals surface area contributed by atoms with Crippen LogP contribution in [0.25, 0.3) is 5.65 Å². The highest BCUT2D eigenvalue weighted by Crippen LogP contribution is 2.18. The number of anilines is 1. The van der Waals surface area contributed by atoms with Crippen molar-refractivity contribution in [1.82, 2.24) is 14.7 Å². The first-order valence-corrected chi connectivity index (χ1v) is 9.73. The van der Waals surface area contributed by atoms with Crippen molar-refractivity contribution in [2.24, 2.45) is 0 Å². The van der Waals surface area contributed by atoms with Crippen molar-refractivity contribution >= 4 is 34.5 Å². The standard InChI is InChI=1S/C21H18N4O2S/c26-20(22-11-10-15-14-25-12-4-3-9-19(25)23-15)16-6-1-2-7-17(16)24-21(27)18-8-5-13-28-18/h1-9,12-14H,10-11H2,(H,22,26)(H,24,27). The maximum absolute atomic E-state index is 12.6. The Balaban J connectivity index is 1.39. The third-order valence-corrected chi connectivity index (χ3v) is 5.11. The van der Waals surface area contributed by atoms with Crippen LogP contribution in [0.15, 0.2) is 72.4 Å². The largest absolute Gasteiger partial charge is 0.352 e. The number of imidazole rings is 1. The molecular formula is C21H18N4O2S. The van der Waals surface area contributed by atoms with E-state index in [0.29, 0.717) is 29.1 Å². The monoisotopic (exact) mass is 390 g/mol. The molecule has 0 aliphatic carbocycles. The molecule has 28 heavy (non-hydrogen) atoms. The lowest BCUT2D eigenvalue weighted by Crippen LogP contribution is -2.27. The van der Waals surface area contributed by atoms with E-state index in [1.54, 1.807) is 30.3 Å². The lowest BCUT2D eigenvalue weighted by Gasteiger charge is -2.10. The quantitative estimate of drug-likeness (QED) is 0.528. The average Bonchev–Trinajstić information content (AvgIpc) is 3.38. The van der Waals surface area contributed by atoms with Crippen molar-refractivity contribution < 1.29 is 9.59 Å². The number of benzene rings is 1. The number of amides is 2. The number of rotatable bonds is 6. The van der Waals surface area contributed by atoms with E-state index in [9.17, 15) is 9.59 Å². The summed E-state index contributed by atoms with van der Waals surface area (Å²) >= 11 is 1.36. The van der Waals surface area contributed by atoms with E-state index in [4.69, 9.17) is 0 Å². The van der Waals surface area contributed by atoms with Crippen molar-refractivity contribution in [3.63, 3.8) is 0 Å². The Morgan fingerprint density at radius 3 is 2.68 bits per heavy atom. The smallest absolute Gasteiger partial charge is 0.265 e. The van der Waals surface area contributed by atoms with Gasteiger partial charge in [0.15, 0.2) is 0 Å². The molecule has 0 fully saturated rings. The van der Waals surface area contributed by atoms with Gasteiger partial charge in [-0.1, -0.05) is 24.3 Å². The zero-order valence-electron chi connectivity index (χ0n) is 15.0. The van der Waals surface area contributed by atoms with E-state index in [0.717, 1.165) is 11.3 Å². The summed E-state index contributed by atoms with van der Waals surface area (Å²) in [6, 6.07) is 16.4. The molecule has 0 atom stereocenters. The number of aromatic nitrogens is 2. The maximum Gasteiger partial charge on any atom is 0.265 e. The summed E-state index contributed by atoms with van der Waals surface area (Å²) in [5.41, 5.74) is 2.71. The van der Waals surface area contributed by atoms with E-state index >= 15 is 0 Å². The lowest BCUT2D eigenvalue weighted by atomic mass is 10.1. The third-order valence-electron chi connectivity index (χ3n) is 4.25. The van der Waals surface area contributed by atoms with Crippen molar-refractivity contribution in [2.45, 2.75) is 6.42 Å². The fourth-order valence-electron chi connectivity index (χ4n) is 2.89. The summed E-state index contributed by atoms with van der Waals surface area (Å²) in [7, 11) is 0. The van der Waals surface area contributed by atoms with Crippen LogP contribution in [0.4, 0.5) is 5.69 Å². The summed E-state index contributed by atoms with van der Waals surface area (Å²) in [5, 5.41) is 7.56. The van der Waals surface area contributed by atoms with Gasteiger partial charge in [-0.05, 0) is 35.7 Å². The number of fused-ring (bicyclic) bond motifs is 1. The van der Waals surface area contributed by atoms with Crippen LogP contribution in [0.2, 0.25) is 0 Å². The Morgan fingerprint density at radius 1 is 1.00 bits per heavy atom. The number of hydrogen-bond acceptors (Lipinski definition) is 4. The van der Waals surface area contributed by atoms with E-state index in [1.165, 1.54) is 11.3 Å². The van der Waals surface area contributed by atoms with Crippen molar-refractivity contribution in [3.8, 4) is 0 Å². The van der Waals surface area contributed by atoms with Gasteiger partial charge in [-0.25, -0.2) is 4.98 Å². The first-order chi connectivity index (χ1) is 13.7. The summed E-state index contributed by atoms with van der Waals surface area (Å²) in [4.78, 5) is 30.0. The number of para-hydroxylation sites is 1. The molecule has 4 aromatic rings. The molecule has 0 unspecified atom stereocenters. The zero-order valence-corrected chi connectivity index (χ0v) is 15.8. The summed E-state index contributed by atoms with van der Waals surface area (Å²) in [6.45, 7) is 0.454. The maximum atomic E-state index is 12.6. The molecule has 2 N–H and O–H groups in total. The second-order valence-corrected chi connectivity index (χ2v) is 7.13. The Hall–Kier alpha value is -3.45. The molecule has 7 heteroatoms. The number of pyridine rings is 1. The minimum absolute atomic E-state index is 0.222. The Bertz CT molecular complexity index is 1090. The van der Waals surface area contributed by atoms with Gasteiger partial charge in [-0.15, -0.1) is 11.3 Å². The molecule has 0 aliphatic rings. The van der Waals surface area contributed by atoms with Gasteiger partial charge in [0.2, 0.25) is 0 Å². The molecule has 0 radical (unpaired) electrons. The molecule has 3 heterocycles. The predicted molar refractivity (Wildman–Crippen MR) is 110 cm³/mol. The number of carbonyl (C=O) groups excluding carboxylic acids is 2. The van der Waals surface area contributed by atoms with Crippen LogP contribution in [0.3, 0.4) is 0 Å². The summed E-state index contributed by atoms with van der Waals surface area (Å²) in [5.74, 6) is -0.453. The molecule has 0 spiro atoms. The fraction of sp³-hybridized carbons (Fsp3) is 0.0952. The number of nitrogens with one attached hydrogen (secondary N) is 2. The molecule has 3 aromatic heterocycles. The average molecular weight is 390 g/mol. The van der Waals surface area contributed by atoms with Gasteiger partial charge in [-0.2, -0.15) is 0 Å². The zero-order chi connectivity index (χ0) is 19.3. The first kappa shape index (κ1) is 17.9. The van der Waals surface area contributed by atoms with Crippen molar-refractivity contribution in [2.75, 3.05) is 11.9 Å². The molecule has 0 saturated heterocycles. The lowest BCUT2D eigenvalue weighted by molar-refractivity contribution is 0.0955. The van der Waals surface area contributed by atoms with E-state index in [2.05, 4.69) is 15.6 Å². The number of hydrogen-bond donors (Lipinski definition) is 2. The topological polar surface area (TPSA) is 75.5 Å². The van der Waals surface area contributed by atoms with Crippen molar-refractivity contribution in [3.05, 3.63) is 88.5 Å². The van der Waals surface area contributed by atoms with Gasteiger partial charge >= 0.3 is 0 Å². The third kappa shape index (κ3) is 3.94. The summed E-state index contributed by atoms with van der Waals surface area (Å²) in [6.07, 6.45) is 4.52. The molecule has 140 valence electrons. The van der Waals surface area contributed by atoms with E-state index < -0.39 is 0 Å². The van der Waals surface area contributed by atoms with Crippen LogP contribution in [0.5, 0.6) is 0 Å². The second kappa shape index (κ2) is 8.06. The van der Waals surface area contributed by atoms with Crippen molar-refractivity contribution in [1.29, 1.82) is 0 Å². The van der Waals surface area contributed by atoms with Crippen LogP contribution in [0, 0.1) is 0 Å². The van der Waals surface area contributed by atoms with E-state index in [1.807, 2.05) is 46.4 Å². The molecule has 0 aliphatic heterocycles. The fourth-order valence-corrected chi connectivity index (χ4v) is 3.51. The van der Waals surface area contributed by atoms with Gasteiger partial charge < -0.3 is 15.0 Å². The SMILES string of the molecule is O=C(Nc1ccccc1C(=O)NCCc1cn2ccccc2n1)c1cccs1. The minimum Gasteiger partial charge on any atom is -0.352 e. The minimum atomic E-state index is -0.231. The van der Waals surface area contributed by atoms with Crippen LogP contribution >= 0.6 is 11.3 Å². The van der Waals surface area contributed by atoms with Gasteiger partial charge in [-0.3, -0.25) is 9.59 Å². The first-order valence-electron chi connectivity index (χ1n) is 8.85. The van der Waals surface area contributed by atoms with Gasteiger partial charge in [0.05, 0.1) is 21.8 Å². The Labute approximate surface area is 165 Å². The highest BCUT2D eigenvalue weighted by atomic mass is 32.1. The second-order valence-electron chi connectivity index (χ2n) is 6.18. The van der Waals surface area contributed by atoms with Crippen LogP contribution in [0.1, 0.15) is 25.7 Å². The molecule has 6 nitrogen and oxygen atoms in total. The normalized spacial score (nSPS) is 10.7. The molecule has 2 amide bonds. The number of nitrogens with zero attached hydrogens (tertiary/aromatic N) is 2. The Morgan fingerprint density at radius 2 is 1.86 bits per heavy atom. The highest BCUT2D eigenvalue weighted by Gasteiger charge is 2.14. The van der Waals surface area contributed by atoms with Crippen LogP contribution in [-0.4, -0.2) is 27.7 Å². The molecule has 0 saturated carbocycles. The highest BCUT2D eigenvalue weighted by molar-refractivity contribution is 7.12. The summed E-state index contributed by atoms with van der Waals surface area (Å²) < 4.78 is 1.95. The number of thiophene rings is 1. The molecule has 1 aromatic carbocycles. The van der Waals surface area contributed by atoms with Gasteiger partial charge in [0.1, 0.15) is 5.65 Å². The Kier molecular flexibility index (Phi) is 5.16.